The van der Waals surface area contributed by atoms with E-state index in [4.69, 9.17) is 15.6 Å². The van der Waals surface area contributed by atoms with E-state index in [0.29, 0.717) is 0 Å². The molecule has 1 aromatic rings. The summed E-state index contributed by atoms with van der Waals surface area (Å²) in [5.41, 5.74) is 4.77. The molecule has 8 heteroatoms. The molecule has 0 aliphatic carbocycles. The molecule has 0 bridgehead atoms. The maximum atomic E-state index is 11.8. The molecule has 1 aliphatic rings. The summed E-state index contributed by atoms with van der Waals surface area (Å²) in [5.74, 6) is -1.59. The van der Waals surface area contributed by atoms with Crippen LogP contribution in [0.5, 0.6) is 5.88 Å². The van der Waals surface area contributed by atoms with Crippen LogP contribution in [0.2, 0.25) is 0 Å². The minimum Gasteiger partial charge on any atom is -0.859 e. The summed E-state index contributed by atoms with van der Waals surface area (Å²) < 4.78 is 6.12. The number of hydrogen-bond acceptors (Lipinski definition) is 6. The fourth-order valence-corrected chi connectivity index (χ4v) is 1.93. The van der Waals surface area contributed by atoms with Gasteiger partial charge in [0.05, 0.1) is 6.61 Å². The Bertz CT molecular complexity index is 459. The number of aliphatic hydroxyl groups is 3. The Morgan fingerprint density at radius 1 is 1.50 bits per heavy atom. The molecule has 0 aromatic carbocycles. The standard InChI is InChI=1S/C10H14N2O6/c11-8(16)4-1-2-12(9(4)17)10-7(15)6(14)5(3-13)18-10/h1-2,5-7,10,13-15,17H,3H2,(H2,11,16)/p-1/t5-,6-,7-,10-/m1/s1. The number of primary amides is 1. The number of nitrogens with zero attached hydrogens (tertiary/aromatic N) is 1. The topological polar surface area (TPSA) is 141 Å². The minimum atomic E-state index is -1.37. The highest BCUT2D eigenvalue weighted by molar-refractivity contribution is 5.95. The molecule has 1 aromatic heterocycles. The van der Waals surface area contributed by atoms with Gasteiger partial charge in [0.2, 0.25) is 5.91 Å². The lowest BCUT2D eigenvalue weighted by atomic mass is 10.1. The van der Waals surface area contributed by atoms with Gasteiger partial charge in [-0.25, -0.2) is 0 Å². The molecule has 1 fully saturated rings. The Kier molecular flexibility index (Phi) is 3.26. The molecule has 1 saturated heterocycles. The van der Waals surface area contributed by atoms with Gasteiger partial charge in [0.15, 0.2) is 6.23 Å². The van der Waals surface area contributed by atoms with Crippen LogP contribution < -0.4 is 10.8 Å². The first-order chi connectivity index (χ1) is 8.47. The second kappa shape index (κ2) is 4.58. The fraction of sp³-hybridized carbons (Fsp3) is 0.500. The maximum absolute atomic E-state index is 11.8. The van der Waals surface area contributed by atoms with E-state index in [-0.39, 0.29) is 5.56 Å². The van der Waals surface area contributed by atoms with Crippen LogP contribution in [0.3, 0.4) is 0 Å². The van der Waals surface area contributed by atoms with Gasteiger partial charge in [0, 0.05) is 11.8 Å². The third-order valence-electron chi connectivity index (χ3n) is 2.92. The van der Waals surface area contributed by atoms with Crippen molar-refractivity contribution in [2.45, 2.75) is 24.5 Å². The maximum Gasteiger partial charge on any atom is 0.249 e. The van der Waals surface area contributed by atoms with Crippen molar-refractivity contribution in [1.29, 1.82) is 0 Å². The molecule has 2 rings (SSSR count). The van der Waals surface area contributed by atoms with Gasteiger partial charge in [0.1, 0.15) is 18.3 Å². The number of aliphatic hydroxyl groups excluding tert-OH is 3. The van der Waals surface area contributed by atoms with E-state index in [0.717, 1.165) is 4.57 Å². The van der Waals surface area contributed by atoms with E-state index in [9.17, 15) is 20.1 Å². The molecule has 0 spiro atoms. The van der Waals surface area contributed by atoms with E-state index in [2.05, 4.69) is 0 Å². The highest BCUT2D eigenvalue weighted by atomic mass is 16.6. The predicted molar refractivity (Wildman–Crippen MR) is 55.4 cm³/mol. The van der Waals surface area contributed by atoms with Gasteiger partial charge < -0.3 is 35.5 Å². The summed E-state index contributed by atoms with van der Waals surface area (Å²) in [5, 5.41) is 40.0. The van der Waals surface area contributed by atoms with Crippen LogP contribution in [0.4, 0.5) is 0 Å². The second-order valence-electron chi connectivity index (χ2n) is 4.03. The highest BCUT2D eigenvalue weighted by Crippen LogP contribution is 2.32. The molecular formula is C10H13N2O6-. The molecule has 5 N–H and O–H groups in total. The third-order valence-corrected chi connectivity index (χ3v) is 2.92. The van der Waals surface area contributed by atoms with Crippen molar-refractivity contribution >= 4 is 5.91 Å². The van der Waals surface area contributed by atoms with Gasteiger partial charge in [-0.05, 0) is 11.9 Å². The monoisotopic (exact) mass is 257 g/mol. The number of nitrogens with two attached hydrogens (primary N) is 1. The Balaban J connectivity index is 2.30. The van der Waals surface area contributed by atoms with E-state index in [1.807, 2.05) is 0 Å². The zero-order valence-electron chi connectivity index (χ0n) is 9.26. The van der Waals surface area contributed by atoms with E-state index in [1.165, 1.54) is 12.3 Å². The number of carbonyl (C=O) groups is 1. The van der Waals surface area contributed by atoms with Crippen molar-refractivity contribution in [2.75, 3.05) is 6.61 Å². The lowest BCUT2D eigenvalue weighted by molar-refractivity contribution is -0.284. The molecule has 0 unspecified atom stereocenters. The SMILES string of the molecule is NC(=O)c1ccn([C@@H]2O[C@H](CO)[C@@H](O)[C@H]2O)c1[O-]. The van der Waals surface area contributed by atoms with Gasteiger partial charge in [-0.2, -0.15) is 0 Å². The largest absolute Gasteiger partial charge is 0.859 e. The summed E-state index contributed by atoms with van der Waals surface area (Å²) in [6.07, 6.45) is -3.58. The first-order valence-corrected chi connectivity index (χ1v) is 5.27. The number of rotatable bonds is 3. The molecular weight excluding hydrogens is 244 g/mol. The van der Waals surface area contributed by atoms with Crippen LogP contribution in [0.1, 0.15) is 16.6 Å². The lowest BCUT2D eigenvalue weighted by Gasteiger charge is -2.22. The van der Waals surface area contributed by atoms with E-state index >= 15 is 0 Å². The third kappa shape index (κ3) is 1.85. The van der Waals surface area contributed by atoms with Gasteiger partial charge >= 0.3 is 0 Å². The van der Waals surface area contributed by atoms with Crippen molar-refractivity contribution in [3.8, 4) is 5.88 Å². The number of ether oxygens (including phenoxy) is 1. The number of carbonyl (C=O) groups excluding carboxylic acids is 1. The molecule has 8 nitrogen and oxygen atoms in total. The Hall–Kier alpha value is -1.61. The summed E-state index contributed by atoms with van der Waals surface area (Å²) in [4.78, 5) is 10.9. The molecule has 1 amide bonds. The smallest absolute Gasteiger partial charge is 0.249 e. The molecule has 100 valence electrons. The van der Waals surface area contributed by atoms with Crippen molar-refractivity contribution in [1.82, 2.24) is 4.57 Å². The second-order valence-corrected chi connectivity index (χ2v) is 4.03. The number of aromatic nitrogens is 1. The molecule has 1 aliphatic heterocycles. The number of hydrogen-bond donors (Lipinski definition) is 4. The summed E-state index contributed by atoms with van der Waals surface area (Å²) in [6, 6.07) is 1.21. The summed E-state index contributed by atoms with van der Waals surface area (Å²) >= 11 is 0. The molecule has 2 heterocycles. The first kappa shape index (κ1) is 12.8. The van der Waals surface area contributed by atoms with Crippen molar-refractivity contribution in [2.24, 2.45) is 5.73 Å². The number of amides is 1. The minimum absolute atomic E-state index is 0.229. The Morgan fingerprint density at radius 2 is 2.17 bits per heavy atom. The van der Waals surface area contributed by atoms with Crippen LogP contribution in [-0.4, -0.2) is 50.7 Å². The normalized spacial score (nSPS) is 31.7. The van der Waals surface area contributed by atoms with Crippen LogP contribution >= 0.6 is 0 Å². The molecule has 18 heavy (non-hydrogen) atoms. The zero-order chi connectivity index (χ0) is 13.4. The van der Waals surface area contributed by atoms with Crippen LogP contribution in [0.15, 0.2) is 12.3 Å². The van der Waals surface area contributed by atoms with Gasteiger partial charge in [-0.15, -0.1) is 0 Å². The van der Waals surface area contributed by atoms with E-state index < -0.39 is 42.9 Å². The molecule has 0 saturated carbocycles. The molecule has 4 atom stereocenters. The Morgan fingerprint density at radius 3 is 2.61 bits per heavy atom. The molecule has 0 radical (unpaired) electrons. The van der Waals surface area contributed by atoms with Crippen molar-refractivity contribution < 1.29 is 30.0 Å². The Labute approximate surface area is 102 Å². The van der Waals surface area contributed by atoms with Gasteiger partial charge in [-0.3, -0.25) is 4.79 Å². The van der Waals surface area contributed by atoms with E-state index in [1.54, 1.807) is 0 Å². The summed E-state index contributed by atoms with van der Waals surface area (Å²) in [7, 11) is 0. The first-order valence-electron chi connectivity index (χ1n) is 5.27. The quantitative estimate of drug-likeness (QED) is 0.463. The predicted octanol–water partition coefficient (Wildman–Crippen LogP) is -2.73. The van der Waals surface area contributed by atoms with Gasteiger partial charge in [0.25, 0.3) is 0 Å². The van der Waals surface area contributed by atoms with Crippen LogP contribution in [0.25, 0.3) is 0 Å². The van der Waals surface area contributed by atoms with Crippen molar-refractivity contribution in [3.05, 3.63) is 17.8 Å². The van der Waals surface area contributed by atoms with Crippen LogP contribution in [0, 0.1) is 0 Å². The van der Waals surface area contributed by atoms with Crippen LogP contribution in [-0.2, 0) is 4.74 Å². The average molecular weight is 257 g/mol. The average Bonchev–Trinajstić information content (AvgIpc) is 2.82. The lowest BCUT2D eigenvalue weighted by Crippen LogP contribution is -2.33. The van der Waals surface area contributed by atoms with Gasteiger partial charge in [-0.1, -0.05) is 0 Å². The fourth-order valence-electron chi connectivity index (χ4n) is 1.93. The zero-order valence-corrected chi connectivity index (χ0v) is 9.26. The highest BCUT2D eigenvalue weighted by Gasteiger charge is 2.43. The van der Waals surface area contributed by atoms with Crippen molar-refractivity contribution in [3.63, 3.8) is 0 Å². The summed E-state index contributed by atoms with van der Waals surface area (Å²) in [6.45, 7) is -0.493.